The minimum atomic E-state index is -0.319. The number of hydrogen-bond acceptors (Lipinski definition) is 4. The van der Waals surface area contributed by atoms with E-state index in [1.807, 2.05) is 12.1 Å². The van der Waals surface area contributed by atoms with Crippen molar-refractivity contribution < 1.29 is 14.3 Å². The molecule has 0 spiro atoms. The molecule has 6 heteroatoms. The summed E-state index contributed by atoms with van der Waals surface area (Å²) in [6.07, 6.45) is 2.52. The molecule has 1 fully saturated rings. The Balaban J connectivity index is 1.79. The Bertz CT molecular complexity index is 649. The number of ether oxygens (including phenoxy) is 2. The number of halogens is 1. The van der Waals surface area contributed by atoms with Gasteiger partial charge >= 0.3 is 5.97 Å². The van der Waals surface area contributed by atoms with Crippen molar-refractivity contribution in [3.8, 4) is 5.75 Å². The quantitative estimate of drug-likeness (QED) is 0.850. The van der Waals surface area contributed by atoms with Crippen LogP contribution in [0.4, 0.5) is 0 Å². The van der Waals surface area contributed by atoms with Crippen LogP contribution in [0.5, 0.6) is 5.75 Å². The molecular formula is C14H15BrN2O3. The maximum Gasteiger partial charge on any atom is 0.303 e. The zero-order valence-corrected chi connectivity index (χ0v) is 12.7. The van der Waals surface area contributed by atoms with Crippen LogP contribution in [-0.2, 0) is 16.1 Å². The van der Waals surface area contributed by atoms with Gasteiger partial charge < -0.3 is 14.5 Å². The maximum atomic E-state index is 10.8. The highest BCUT2D eigenvalue weighted by Crippen LogP contribution is 2.33. The fourth-order valence-electron chi connectivity index (χ4n) is 1.91. The van der Waals surface area contributed by atoms with Gasteiger partial charge in [-0.3, -0.25) is 4.79 Å². The van der Waals surface area contributed by atoms with Crippen molar-refractivity contribution in [3.63, 3.8) is 0 Å². The van der Waals surface area contributed by atoms with Gasteiger partial charge in [-0.25, -0.2) is 4.98 Å². The number of hydrogen-bond donors (Lipinski definition) is 1. The molecule has 0 atom stereocenters. The molecule has 5 nitrogen and oxygen atoms in total. The SMILES string of the molecule is CC(=O)OCc1nc2cc(OCC3CC3)c(Br)cc2[nH]1. The summed E-state index contributed by atoms with van der Waals surface area (Å²) in [5.74, 6) is 1.81. The summed E-state index contributed by atoms with van der Waals surface area (Å²) in [4.78, 5) is 18.3. The number of imidazole rings is 1. The van der Waals surface area contributed by atoms with Crippen molar-refractivity contribution in [3.05, 3.63) is 22.4 Å². The first-order valence-electron chi connectivity index (χ1n) is 6.56. The van der Waals surface area contributed by atoms with Crippen LogP contribution in [0.15, 0.2) is 16.6 Å². The summed E-state index contributed by atoms with van der Waals surface area (Å²) in [6, 6.07) is 3.83. The number of carbonyl (C=O) groups excluding carboxylic acids is 1. The van der Waals surface area contributed by atoms with Gasteiger partial charge in [-0.1, -0.05) is 0 Å². The number of carbonyl (C=O) groups is 1. The molecule has 0 unspecified atom stereocenters. The van der Waals surface area contributed by atoms with E-state index in [2.05, 4.69) is 25.9 Å². The Hall–Kier alpha value is -1.56. The van der Waals surface area contributed by atoms with E-state index in [9.17, 15) is 4.79 Å². The Labute approximate surface area is 124 Å². The number of nitrogens with one attached hydrogen (secondary N) is 1. The number of aromatic nitrogens is 2. The first kappa shape index (κ1) is 13.4. The van der Waals surface area contributed by atoms with E-state index in [1.54, 1.807) is 0 Å². The van der Waals surface area contributed by atoms with Gasteiger partial charge in [-0.05, 0) is 40.8 Å². The summed E-state index contributed by atoms with van der Waals surface area (Å²) < 4.78 is 11.6. The summed E-state index contributed by atoms with van der Waals surface area (Å²) in [5, 5.41) is 0. The van der Waals surface area contributed by atoms with Gasteiger partial charge in [0.25, 0.3) is 0 Å². The highest BCUT2D eigenvalue weighted by Gasteiger charge is 2.22. The first-order chi connectivity index (χ1) is 9.61. The lowest BCUT2D eigenvalue weighted by molar-refractivity contribution is -0.142. The van der Waals surface area contributed by atoms with Gasteiger partial charge in [0.1, 0.15) is 18.2 Å². The van der Waals surface area contributed by atoms with E-state index >= 15 is 0 Å². The fraction of sp³-hybridized carbons (Fsp3) is 0.429. The third kappa shape index (κ3) is 3.12. The second-order valence-corrected chi connectivity index (χ2v) is 5.87. The molecule has 1 saturated carbocycles. The number of fused-ring (bicyclic) bond motifs is 1. The predicted octanol–water partition coefficient (Wildman–Crippen LogP) is 3.18. The number of esters is 1. The summed E-state index contributed by atoms with van der Waals surface area (Å²) in [5.41, 5.74) is 1.69. The van der Waals surface area contributed by atoms with Crippen molar-refractivity contribution in [2.45, 2.75) is 26.4 Å². The lowest BCUT2D eigenvalue weighted by atomic mass is 10.3. The Morgan fingerprint density at radius 3 is 3.00 bits per heavy atom. The molecule has 0 bridgehead atoms. The van der Waals surface area contributed by atoms with E-state index in [0.29, 0.717) is 11.7 Å². The third-order valence-electron chi connectivity index (χ3n) is 3.17. The Kier molecular flexibility index (Phi) is 3.65. The Morgan fingerprint density at radius 2 is 2.30 bits per heavy atom. The molecule has 20 heavy (non-hydrogen) atoms. The highest BCUT2D eigenvalue weighted by atomic mass is 79.9. The van der Waals surface area contributed by atoms with Crippen LogP contribution in [0.3, 0.4) is 0 Å². The van der Waals surface area contributed by atoms with Crippen molar-refractivity contribution in [1.82, 2.24) is 9.97 Å². The van der Waals surface area contributed by atoms with Gasteiger partial charge in [0, 0.05) is 13.0 Å². The lowest BCUT2D eigenvalue weighted by Crippen LogP contribution is -1.99. The zero-order chi connectivity index (χ0) is 14.1. The normalized spacial score (nSPS) is 14.5. The number of H-pyrrole nitrogens is 1. The first-order valence-corrected chi connectivity index (χ1v) is 7.35. The Morgan fingerprint density at radius 1 is 1.50 bits per heavy atom. The number of rotatable bonds is 5. The van der Waals surface area contributed by atoms with Crippen molar-refractivity contribution in [1.29, 1.82) is 0 Å². The van der Waals surface area contributed by atoms with Crippen LogP contribution >= 0.6 is 15.9 Å². The van der Waals surface area contributed by atoms with Crippen LogP contribution < -0.4 is 4.74 Å². The molecule has 3 rings (SSSR count). The summed E-state index contributed by atoms with van der Waals surface area (Å²) in [6.45, 7) is 2.29. The van der Waals surface area contributed by atoms with Gasteiger partial charge in [-0.2, -0.15) is 0 Å². The molecular weight excluding hydrogens is 324 g/mol. The molecule has 2 aromatic rings. The molecule has 1 aromatic carbocycles. The zero-order valence-electron chi connectivity index (χ0n) is 11.1. The van der Waals surface area contributed by atoms with Crippen molar-refractivity contribution in [2.24, 2.45) is 5.92 Å². The number of nitrogens with zero attached hydrogens (tertiary/aromatic N) is 1. The van der Waals surface area contributed by atoms with Crippen LogP contribution in [0.1, 0.15) is 25.6 Å². The minimum Gasteiger partial charge on any atom is -0.492 e. The van der Waals surface area contributed by atoms with Crippen LogP contribution in [0.25, 0.3) is 11.0 Å². The molecule has 0 aliphatic heterocycles. The van der Waals surface area contributed by atoms with Crippen molar-refractivity contribution in [2.75, 3.05) is 6.61 Å². The smallest absolute Gasteiger partial charge is 0.303 e. The molecule has 1 aliphatic rings. The number of benzene rings is 1. The molecule has 1 N–H and O–H groups in total. The van der Waals surface area contributed by atoms with Gasteiger partial charge in [0.15, 0.2) is 0 Å². The van der Waals surface area contributed by atoms with Gasteiger partial charge in [0.05, 0.1) is 22.1 Å². The molecule has 0 saturated heterocycles. The second kappa shape index (κ2) is 5.44. The van der Waals surface area contributed by atoms with Crippen LogP contribution in [0, 0.1) is 5.92 Å². The molecule has 1 heterocycles. The van der Waals surface area contributed by atoms with Crippen molar-refractivity contribution >= 4 is 32.9 Å². The monoisotopic (exact) mass is 338 g/mol. The molecule has 1 aliphatic carbocycles. The van der Waals surface area contributed by atoms with E-state index in [1.165, 1.54) is 19.8 Å². The molecule has 0 amide bonds. The predicted molar refractivity (Wildman–Crippen MR) is 77.5 cm³/mol. The maximum absolute atomic E-state index is 10.8. The molecule has 1 aromatic heterocycles. The largest absolute Gasteiger partial charge is 0.492 e. The van der Waals surface area contributed by atoms with E-state index in [4.69, 9.17) is 9.47 Å². The van der Waals surface area contributed by atoms with Gasteiger partial charge in [0.2, 0.25) is 0 Å². The average Bonchev–Trinajstić information content (AvgIpc) is 3.14. The van der Waals surface area contributed by atoms with Crippen LogP contribution in [0.2, 0.25) is 0 Å². The van der Waals surface area contributed by atoms with E-state index in [0.717, 1.165) is 27.9 Å². The van der Waals surface area contributed by atoms with E-state index in [-0.39, 0.29) is 12.6 Å². The fourth-order valence-corrected chi connectivity index (χ4v) is 2.36. The van der Waals surface area contributed by atoms with E-state index < -0.39 is 0 Å². The highest BCUT2D eigenvalue weighted by molar-refractivity contribution is 9.10. The second-order valence-electron chi connectivity index (χ2n) is 5.02. The standard InChI is InChI=1S/C14H15BrN2O3/c1-8(18)19-7-14-16-11-4-10(15)13(5-12(11)17-14)20-6-9-2-3-9/h4-5,9H,2-3,6-7H2,1H3,(H,16,17). The third-order valence-corrected chi connectivity index (χ3v) is 3.79. The number of aromatic amines is 1. The summed E-state index contributed by atoms with van der Waals surface area (Å²) in [7, 11) is 0. The molecule has 0 radical (unpaired) electrons. The topological polar surface area (TPSA) is 64.2 Å². The summed E-state index contributed by atoms with van der Waals surface area (Å²) >= 11 is 3.50. The molecule has 106 valence electrons. The average molecular weight is 339 g/mol. The van der Waals surface area contributed by atoms with Crippen LogP contribution in [-0.4, -0.2) is 22.5 Å². The van der Waals surface area contributed by atoms with Gasteiger partial charge in [-0.15, -0.1) is 0 Å². The lowest BCUT2D eigenvalue weighted by Gasteiger charge is -2.06. The minimum absolute atomic E-state index is 0.153.